The third-order valence-electron chi connectivity index (χ3n) is 6.02. The zero-order valence-corrected chi connectivity index (χ0v) is 20.4. The molecule has 1 fully saturated rings. The summed E-state index contributed by atoms with van der Waals surface area (Å²) in [7, 11) is -0.309. The summed E-state index contributed by atoms with van der Waals surface area (Å²) in [6.07, 6.45) is 5.54. The van der Waals surface area contributed by atoms with Crippen LogP contribution in [0.15, 0.2) is 17.0 Å². The van der Waals surface area contributed by atoms with Gasteiger partial charge in [-0.3, -0.25) is 4.68 Å². The van der Waals surface area contributed by atoms with Gasteiger partial charge in [-0.25, -0.2) is 0 Å². The second kappa shape index (κ2) is 9.57. The molecule has 3 rings (SSSR count). The fourth-order valence-corrected chi connectivity index (χ4v) is 6.80. The minimum atomic E-state index is -3.68. The van der Waals surface area contributed by atoms with Crippen LogP contribution in [0.3, 0.4) is 0 Å². The topological polar surface area (TPSA) is 70.4 Å². The van der Waals surface area contributed by atoms with Crippen molar-refractivity contribution in [2.75, 3.05) is 24.4 Å². The molecule has 2 N–H and O–H groups in total. The molecule has 0 amide bonds. The highest BCUT2D eigenvalue weighted by Crippen LogP contribution is 2.39. The molecule has 1 aromatic carbocycles. The first kappa shape index (κ1) is 23.5. The quantitative estimate of drug-likeness (QED) is 0.551. The molecule has 0 saturated carbocycles. The molecule has 0 spiro atoms. The van der Waals surface area contributed by atoms with Gasteiger partial charge in [0.2, 0.25) is 0 Å². The Hall–Kier alpha value is -1.12. The van der Waals surface area contributed by atoms with Crippen molar-refractivity contribution >= 4 is 39.3 Å². The van der Waals surface area contributed by atoms with Gasteiger partial charge in [0.05, 0.1) is 18.4 Å². The van der Waals surface area contributed by atoms with Crippen LogP contribution in [0.25, 0.3) is 0 Å². The third-order valence-corrected chi connectivity index (χ3v) is 8.73. The largest absolute Gasteiger partial charge is 0.351 e. The summed E-state index contributed by atoms with van der Waals surface area (Å²) in [6, 6.07) is 3.55. The van der Waals surface area contributed by atoms with E-state index < -0.39 is 10.4 Å². The molecule has 0 aliphatic carbocycles. The van der Waals surface area contributed by atoms with Crippen LogP contribution < -0.4 is 9.62 Å². The number of hydrogen-bond acceptors (Lipinski definition) is 3. The summed E-state index contributed by atoms with van der Waals surface area (Å²) in [5.74, 6) is 0.771. The van der Waals surface area contributed by atoms with Gasteiger partial charge >= 0.3 is 10.4 Å². The van der Waals surface area contributed by atoms with Crippen LogP contribution in [0.5, 0.6) is 0 Å². The van der Waals surface area contributed by atoms with Crippen LogP contribution in [-0.4, -0.2) is 34.5 Å². The minimum absolute atomic E-state index is 0.0538. The van der Waals surface area contributed by atoms with Gasteiger partial charge < -0.3 is 5.32 Å². The third kappa shape index (κ3) is 4.86. The van der Waals surface area contributed by atoms with E-state index in [-0.39, 0.29) is 14.9 Å². The van der Waals surface area contributed by atoms with Crippen LogP contribution in [0.1, 0.15) is 42.6 Å². The average Bonchev–Trinajstić information content (AvgIpc) is 2.93. The van der Waals surface area contributed by atoms with E-state index >= 15 is 0 Å². The van der Waals surface area contributed by atoms with Crippen molar-refractivity contribution in [3.05, 3.63) is 39.1 Å². The summed E-state index contributed by atoms with van der Waals surface area (Å²) in [4.78, 5) is 0.0538. The molecular weight excluding hydrogens is 443 g/mol. The number of nitrogens with zero attached hydrogens (tertiary/aromatic N) is 3. The minimum Gasteiger partial charge on any atom is -0.317 e. The first-order valence-electron chi connectivity index (χ1n) is 10.3. The Morgan fingerprint density at radius 1 is 1.27 bits per heavy atom. The van der Waals surface area contributed by atoms with Gasteiger partial charge in [-0.05, 0) is 80.4 Å². The van der Waals surface area contributed by atoms with Crippen LogP contribution >= 0.6 is 23.2 Å². The number of nitrogens with one attached hydrogen (secondary N) is 1. The monoisotopic (exact) mass is 473 g/mol. The summed E-state index contributed by atoms with van der Waals surface area (Å²) < 4.78 is 27.5. The van der Waals surface area contributed by atoms with Crippen LogP contribution in [-0.2, 0) is 28.1 Å². The number of hydrogen-bond donors (Lipinski definition) is 2. The maximum absolute atomic E-state index is 13.4. The number of halogens is 2. The van der Waals surface area contributed by atoms with Gasteiger partial charge in [-0.15, -0.1) is 0 Å². The highest BCUT2D eigenvalue weighted by atomic mass is 35.5. The molecule has 1 unspecified atom stereocenters. The molecule has 2 heterocycles. The fourth-order valence-electron chi connectivity index (χ4n) is 4.25. The summed E-state index contributed by atoms with van der Waals surface area (Å²) >= 11 is 13.0. The molecule has 9 heteroatoms. The summed E-state index contributed by atoms with van der Waals surface area (Å²) in [5.41, 5.74) is 3.05. The first-order chi connectivity index (χ1) is 14.1. The van der Waals surface area contributed by atoms with Gasteiger partial charge in [0.1, 0.15) is 15.7 Å². The highest BCUT2D eigenvalue weighted by Gasteiger charge is 2.43. The van der Waals surface area contributed by atoms with E-state index in [2.05, 4.69) is 10.4 Å². The van der Waals surface area contributed by atoms with Crippen molar-refractivity contribution in [3.63, 3.8) is 0 Å². The van der Waals surface area contributed by atoms with Crippen LogP contribution in [0.2, 0.25) is 10.0 Å². The number of aryl methyl sites for hydroxylation is 3. The average molecular weight is 474 g/mol. The Balaban J connectivity index is 1.79. The zero-order chi connectivity index (χ0) is 22.1. The lowest BCUT2D eigenvalue weighted by Gasteiger charge is -2.22. The Morgan fingerprint density at radius 2 is 1.87 bits per heavy atom. The lowest BCUT2D eigenvalue weighted by atomic mass is 9.92. The number of rotatable bonds is 7. The molecule has 1 saturated heterocycles. The van der Waals surface area contributed by atoms with E-state index in [4.69, 9.17) is 23.2 Å². The van der Waals surface area contributed by atoms with E-state index in [1.54, 1.807) is 30.9 Å². The molecule has 6 nitrogen and oxygen atoms in total. The van der Waals surface area contributed by atoms with Crippen LogP contribution in [0.4, 0.5) is 5.69 Å². The predicted molar refractivity (Wildman–Crippen MR) is 125 cm³/mol. The zero-order valence-electron chi connectivity index (χ0n) is 18.0. The predicted octanol–water partition coefficient (Wildman–Crippen LogP) is 5.05. The highest BCUT2D eigenvalue weighted by molar-refractivity contribution is 7.99. The van der Waals surface area contributed by atoms with Crippen molar-refractivity contribution in [1.82, 2.24) is 15.1 Å². The molecule has 1 atom stereocenters. The Morgan fingerprint density at radius 3 is 2.40 bits per heavy atom. The van der Waals surface area contributed by atoms with Gasteiger partial charge in [0.25, 0.3) is 4.90 Å². The van der Waals surface area contributed by atoms with Gasteiger partial charge in [0.15, 0.2) is 0 Å². The molecule has 166 valence electrons. The summed E-state index contributed by atoms with van der Waals surface area (Å²) in [5, 5.41) is 8.17. The molecule has 2 aromatic rings. The standard InChI is InChI=1S/C21H30Cl2N4O2S/c1-14-20(15(2)26(3)25-14)27(4)30(28,29)21-18(22)12-17(13-19(21)23)7-5-6-16-8-10-24-11-9-16/h12-13,16,24H,5-11H2,1-4H3/p+1. The number of anilines is 1. The van der Waals surface area contributed by atoms with E-state index in [0.29, 0.717) is 11.4 Å². The SMILES string of the molecule is Cc1nn(C)c(C)c1N(C)[S+](=O)(O)c1c(Cl)cc(CCCC2CCNCC2)cc1Cl. The van der Waals surface area contributed by atoms with E-state index in [1.807, 2.05) is 13.8 Å². The number of aromatic nitrogens is 2. The van der Waals surface area contributed by atoms with E-state index in [0.717, 1.165) is 43.1 Å². The maximum atomic E-state index is 13.4. The molecule has 1 aliphatic rings. The lowest BCUT2D eigenvalue weighted by Crippen LogP contribution is -2.34. The fraction of sp³-hybridized carbons (Fsp3) is 0.571. The van der Waals surface area contributed by atoms with Crippen molar-refractivity contribution in [2.24, 2.45) is 13.0 Å². The molecular formula is C21H31Cl2N4O2S+. The van der Waals surface area contributed by atoms with Crippen molar-refractivity contribution in [3.8, 4) is 0 Å². The van der Waals surface area contributed by atoms with Crippen molar-refractivity contribution in [2.45, 2.75) is 50.8 Å². The van der Waals surface area contributed by atoms with E-state index in [9.17, 15) is 8.76 Å². The van der Waals surface area contributed by atoms with Crippen molar-refractivity contribution in [1.29, 1.82) is 0 Å². The van der Waals surface area contributed by atoms with E-state index in [1.165, 1.54) is 23.6 Å². The van der Waals surface area contributed by atoms with Crippen LogP contribution in [0, 0.1) is 19.8 Å². The molecule has 0 radical (unpaired) electrons. The van der Waals surface area contributed by atoms with Gasteiger partial charge in [-0.1, -0.05) is 29.6 Å². The normalized spacial score (nSPS) is 17.2. The van der Waals surface area contributed by atoms with Gasteiger partial charge in [-0.2, -0.15) is 14.0 Å². The number of piperidine rings is 1. The lowest BCUT2D eigenvalue weighted by molar-refractivity contribution is 0.347. The summed E-state index contributed by atoms with van der Waals surface area (Å²) in [6.45, 7) is 5.87. The Labute approximate surface area is 190 Å². The Bertz CT molecular complexity index is 934. The number of benzene rings is 1. The second-order valence-corrected chi connectivity index (χ2v) is 10.9. The van der Waals surface area contributed by atoms with Gasteiger partial charge in [0, 0.05) is 7.05 Å². The molecule has 1 aliphatic heterocycles. The van der Waals surface area contributed by atoms with Crippen molar-refractivity contribution < 1.29 is 8.76 Å². The smallest absolute Gasteiger partial charge is 0.317 e. The molecule has 1 aromatic heterocycles. The first-order valence-corrected chi connectivity index (χ1v) is 12.5. The maximum Gasteiger partial charge on any atom is 0.351 e. The molecule has 30 heavy (non-hydrogen) atoms. The molecule has 0 bridgehead atoms. The second-order valence-electron chi connectivity index (χ2n) is 8.11. The Kier molecular flexibility index (Phi) is 7.51.